The van der Waals surface area contributed by atoms with Gasteiger partial charge in [0, 0.05) is 0 Å². The first-order valence-electron chi connectivity index (χ1n) is 7.50. The zero-order chi connectivity index (χ0) is 18.0. The Morgan fingerprint density at radius 2 is 1.96 bits per heavy atom. The van der Waals surface area contributed by atoms with E-state index < -0.39 is 17.7 Å². The van der Waals surface area contributed by atoms with Crippen LogP contribution in [0.15, 0.2) is 47.5 Å². The number of nitrogens with zero attached hydrogens (tertiary/aromatic N) is 2. The quantitative estimate of drug-likeness (QED) is 0.676. The summed E-state index contributed by atoms with van der Waals surface area (Å²) in [5.74, 6) is -1.78. The van der Waals surface area contributed by atoms with Gasteiger partial charge in [-0.15, -0.1) is 0 Å². The van der Waals surface area contributed by atoms with Crippen molar-refractivity contribution in [2.24, 2.45) is 4.99 Å². The fraction of sp³-hybridized carbons (Fsp3) is 0.167. The predicted molar refractivity (Wildman–Crippen MR) is 92.9 cm³/mol. The number of fused-ring (bicyclic) bond motifs is 1. The summed E-state index contributed by atoms with van der Waals surface area (Å²) >= 11 is 1.26. The molecule has 0 aliphatic heterocycles. The lowest BCUT2D eigenvalue weighted by atomic mass is 10.2. The Morgan fingerprint density at radius 3 is 2.68 bits per heavy atom. The van der Waals surface area contributed by atoms with Crippen molar-refractivity contribution >= 4 is 33.4 Å². The monoisotopic (exact) mass is 358 g/mol. The highest BCUT2D eigenvalue weighted by molar-refractivity contribution is 7.16. The van der Waals surface area contributed by atoms with Gasteiger partial charge in [0.2, 0.25) is 0 Å². The molecular weight excluding hydrogens is 343 g/mol. The first kappa shape index (κ1) is 17.0. The number of ether oxygens (including phenoxy) is 1. The minimum Gasteiger partial charge on any atom is -0.468 e. The number of hydrogen-bond donors (Lipinski definition) is 0. The molecule has 3 rings (SSSR count). The number of methoxy groups -OCH3 is 1. The van der Waals surface area contributed by atoms with Gasteiger partial charge >= 0.3 is 5.97 Å². The predicted octanol–water partition coefficient (Wildman–Crippen LogP) is 3.06. The first-order valence-corrected chi connectivity index (χ1v) is 8.32. The summed E-state index contributed by atoms with van der Waals surface area (Å²) in [5, 5.41) is 0. The van der Waals surface area contributed by atoms with Gasteiger partial charge in [-0.05, 0) is 30.7 Å². The van der Waals surface area contributed by atoms with E-state index in [0.29, 0.717) is 4.80 Å². The lowest BCUT2D eigenvalue weighted by molar-refractivity contribution is -0.141. The van der Waals surface area contributed by atoms with E-state index in [1.165, 1.54) is 36.6 Å². The van der Waals surface area contributed by atoms with Crippen LogP contribution in [0.4, 0.5) is 4.39 Å². The van der Waals surface area contributed by atoms with Crippen LogP contribution in [0, 0.1) is 12.7 Å². The van der Waals surface area contributed by atoms with E-state index in [0.717, 1.165) is 15.8 Å². The lowest BCUT2D eigenvalue weighted by Crippen LogP contribution is -2.23. The van der Waals surface area contributed by atoms with Crippen molar-refractivity contribution in [2.45, 2.75) is 13.5 Å². The van der Waals surface area contributed by atoms with Crippen molar-refractivity contribution in [3.63, 3.8) is 0 Å². The van der Waals surface area contributed by atoms with Crippen molar-refractivity contribution in [3.05, 3.63) is 64.2 Å². The van der Waals surface area contributed by atoms with E-state index >= 15 is 0 Å². The third kappa shape index (κ3) is 3.36. The Morgan fingerprint density at radius 1 is 1.20 bits per heavy atom. The van der Waals surface area contributed by atoms with Crippen molar-refractivity contribution in [1.29, 1.82) is 0 Å². The van der Waals surface area contributed by atoms with Crippen LogP contribution >= 0.6 is 11.3 Å². The molecule has 0 spiro atoms. The molecule has 7 heteroatoms. The highest BCUT2D eigenvalue weighted by Gasteiger charge is 2.15. The molecule has 2 aromatic carbocycles. The maximum Gasteiger partial charge on any atom is 0.325 e. The van der Waals surface area contributed by atoms with Crippen LogP contribution in [0.1, 0.15) is 15.9 Å². The molecule has 1 aromatic heterocycles. The van der Waals surface area contributed by atoms with E-state index in [9.17, 15) is 14.0 Å². The second kappa shape index (κ2) is 6.98. The smallest absolute Gasteiger partial charge is 0.325 e. The number of rotatable bonds is 3. The summed E-state index contributed by atoms with van der Waals surface area (Å²) in [5.41, 5.74) is 1.64. The third-order valence-corrected chi connectivity index (χ3v) is 4.76. The van der Waals surface area contributed by atoms with Gasteiger partial charge in [-0.1, -0.05) is 35.6 Å². The number of halogens is 1. The number of aryl methyl sites for hydroxylation is 1. The van der Waals surface area contributed by atoms with E-state index in [4.69, 9.17) is 4.74 Å². The Labute approximate surface area is 147 Å². The van der Waals surface area contributed by atoms with Gasteiger partial charge in [0.1, 0.15) is 12.4 Å². The lowest BCUT2D eigenvalue weighted by Gasteiger charge is -2.05. The number of para-hydroxylation sites is 1. The second-order valence-electron chi connectivity index (χ2n) is 5.37. The van der Waals surface area contributed by atoms with E-state index in [1.807, 2.05) is 25.1 Å². The van der Waals surface area contributed by atoms with Crippen LogP contribution in [-0.2, 0) is 16.1 Å². The molecular formula is C18H15FN2O3S. The number of amides is 1. The minimum atomic E-state index is -0.694. The molecule has 0 saturated heterocycles. The average Bonchev–Trinajstić information content (AvgIpc) is 2.93. The number of carbonyl (C=O) groups is 2. The molecule has 0 N–H and O–H groups in total. The largest absolute Gasteiger partial charge is 0.468 e. The molecule has 128 valence electrons. The van der Waals surface area contributed by atoms with Gasteiger partial charge in [0.25, 0.3) is 5.91 Å². The van der Waals surface area contributed by atoms with E-state index in [2.05, 4.69) is 4.99 Å². The minimum absolute atomic E-state index is 0.0786. The molecule has 0 saturated carbocycles. The van der Waals surface area contributed by atoms with Crippen molar-refractivity contribution in [3.8, 4) is 0 Å². The SMILES string of the molecule is COC(=O)Cn1c(=NC(=O)c2ccccc2F)sc2cccc(C)c21. The number of aromatic nitrogens is 1. The van der Waals surface area contributed by atoms with Crippen LogP contribution in [0.2, 0.25) is 0 Å². The maximum atomic E-state index is 13.8. The number of thiazole rings is 1. The Kier molecular flexibility index (Phi) is 4.76. The summed E-state index contributed by atoms with van der Waals surface area (Å²) in [7, 11) is 1.30. The summed E-state index contributed by atoms with van der Waals surface area (Å²) in [6, 6.07) is 11.3. The zero-order valence-corrected chi connectivity index (χ0v) is 14.5. The summed E-state index contributed by atoms with van der Waals surface area (Å²) < 4.78 is 21.1. The standard InChI is InChI=1S/C18H15FN2O3S/c1-11-6-5-9-14-16(11)21(10-15(22)24-2)18(25-14)20-17(23)12-7-3-4-8-13(12)19/h3-9H,10H2,1-2H3. The van der Waals surface area contributed by atoms with Crippen LogP contribution in [0.25, 0.3) is 10.2 Å². The van der Waals surface area contributed by atoms with Crippen molar-refractivity contribution in [2.75, 3.05) is 7.11 Å². The highest BCUT2D eigenvalue weighted by Crippen LogP contribution is 2.21. The van der Waals surface area contributed by atoms with Gasteiger partial charge < -0.3 is 9.30 Å². The normalized spacial score (nSPS) is 11.7. The Bertz CT molecular complexity index is 1040. The molecule has 0 aliphatic rings. The van der Waals surface area contributed by atoms with E-state index in [1.54, 1.807) is 10.6 Å². The fourth-order valence-electron chi connectivity index (χ4n) is 2.51. The number of carbonyl (C=O) groups excluding carboxylic acids is 2. The van der Waals surface area contributed by atoms with Gasteiger partial charge in [0.15, 0.2) is 4.80 Å². The molecule has 0 unspecified atom stereocenters. The summed E-state index contributed by atoms with van der Waals surface area (Å²) in [6.07, 6.45) is 0. The second-order valence-corrected chi connectivity index (χ2v) is 6.37. The molecule has 1 amide bonds. The molecule has 5 nitrogen and oxygen atoms in total. The molecule has 25 heavy (non-hydrogen) atoms. The number of benzene rings is 2. The molecule has 0 atom stereocenters. The van der Waals surface area contributed by atoms with E-state index in [-0.39, 0.29) is 12.1 Å². The van der Waals surface area contributed by atoms with Gasteiger partial charge in [-0.2, -0.15) is 4.99 Å². The molecule has 1 heterocycles. The zero-order valence-electron chi connectivity index (χ0n) is 13.7. The number of hydrogen-bond acceptors (Lipinski definition) is 4. The molecule has 0 fully saturated rings. The molecule has 0 bridgehead atoms. The fourth-order valence-corrected chi connectivity index (χ4v) is 3.62. The van der Waals surface area contributed by atoms with Crippen LogP contribution in [0.3, 0.4) is 0 Å². The Hall–Kier alpha value is -2.80. The van der Waals surface area contributed by atoms with Gasteiger partial charge in [0.05, 0.1) is 22.9 Å². The van der Waals surface area contributed by atoms with Crippen molar-refractivity contribution in [1.82, 2.24) is 4.57 Å². The van der Waals surface area contributed by atoms with Crippen LogP contribution in [0.5, 0.6) is 0 Å². The topological polar surface area (TPSA) is 60.7 Å². The summed E-state index contributed by atoms with van der Waals surface area (Å²) in [6.45, 7) is 1.83. The summed E-state index contributed by atoms with van der Waals surface area (Å²) in [4.78, 5) is 28.5. The Balaban J connectivity index is 2.19. The average molecular weight is 358 g/mol. The first-order chi connectivity index (χ1) is 12.0. The highest BCUT2D eigenvalue weighted by atomic mass is 32.1. The third-order valence-electron chi connectivity index (χ3n) is 3.72. The van der Waals surface area contributed by atoms with Gasteiger partial charge in [-0.25, -0.2) is 4.39 Å². The van der Waals surface area contributed by atoms with Crippen LogP contribution in [-0.4, -0.2) is 23.6 Å². The number of esters is 1. The molecule has 3 aromatic rings. The maximum absolute atomic E-state index is 13.8. The van der Waals surface area contributed by atoms with Crippen molar-refractivity contribution < 1.29 is 18.7 Å². The van der Waals surface area contributed by atoms with Gasteiger partial charge in [-0.3, -0.25) is 9.59 Å². The molecule has 0 radical (unpaired) electrons. The van der Waals surface area contributed by atoms with Crippen LogP contribution < -0.4 is 4.80 Å². The molecule has 0 aliphatic carbocycles.